The molecule has 33 heavy (non-hydrogen) atoms. The van der Waals surface area contributed by atoms with Gasteiger partial charge in [0.2, 0.25) is 5.91 Å². The standard InChI is InChI=1S/C20H24F3IN4O5/c1-2-16(30)25-5-7-32-26-11-12-9-13(20(31)28-33-8-6-29)19(18(23)17(12)22)27-15-3-4-24-10-14(15)21/h3-4,9-10,26-27,29H,2,5-8,11H2,1H3,(H,25,30)(H,28,31). The molecule has 0 radical (unpaired) electrons. The summed E-state index contributed by atoms with van der Waals surface area (Å²) in [6, 6.07) is 1.06. The monoisotopic (exact) mass is 584 g/mol. The van der Waals surface area contributed by atoms with Gasteiger partial charge in [0.15, 0.2) is 17.5 Å². The largest absolute Gasteiger partial charge is 0.394 e. The van der Waals surface area contributed by atoms with Gasteiger partial charge >= 0.3 is 0 Å². The van der Waals surface area contributed by atoms with Crippen LogP contribution in [0.5, 0.6) is 0 Å². The highest BCUT2D eigenvalue weighted by Gasteiger charge is 2.24. The van der Waals surface area contributed by atoms with Gasteiger partial charge in [-0.25, -0.2) is 18.7 Å². The van der Waals surface area contributed by atoms with E-state index in [1.54, 1.807) is 11.0 Å². The van der Waals surface area contributed by atoms with Crippen LogP contribution in [-0.4, -0.2) is 47.3 Å². The van der Waals surface area contributed by atoms with E-state index in [4.69, 9.17) is 14.8 Å². The summed E-state index contributed by atoms with van der Waals surface area (Å²) in [5.74, 6) is -4.40. The van der Waals surface area contributed by atoms with Gasteiger partial charge in [0.1, 0.15) is 0 Å². The van der Waals surface area contributed by atoms with Crippen molar-refractivity contribution in [1.82, 2.24) is 16.3 Å². The van der Waals surface area contributed by atoms with Gasteiger partial charge in [-0.1, -0.05) is 27.7 Å². The fourth-order valence-electron chi connectivity index (χ4n) is 2.46. The van der Waals surface area contributed by atoms with E-state index in [0.29, 0.717) is 6.42 Å². The van der Waals surface area contributed by atoms with Crippen LogP contribution in [0, 0.1) is 11.6 Å². The Morgan fingerprint density at radius 3 is 2.64 bits per heavy atom. The van der Waals surface area contributed by atoms with E-state index in [2.05, 4.69) is 16.1 Å². The minimum absolute atomic E-state index is 0.0662. The molecule has 182 valence electrons. The van der Waals surface area contributed by atoms with Crippen molar-refractivity contribution in [3.8, 4) is 0 Å². The first-order valence-electron chi connectivity index (χ1n) is 9.82. The molecule has 0 atom stereocenters. The van der Waals surface area contributed by atoms with Crippen LogP contribution in [0.3, 0.4) is 0 Å². The molecule has 1 aromatic rings. The molecule has 9 nitrogen and oxygen atoms in total. The van der Waals surface area contributed by atoms with Crippen molar-refractivity contribution in [2.75, 3.05) is 31.7 Å². The number of aliphatic hydroxyl groups excluding tert-OH is 1. The number of nitrogens with one attached hydrogen (secondary N) is 4. The van der Waals surface area contributed by atoms with Crippen LogP contribution in [0.2, 0.25) is 0 Å². The number of hydrogen-bond donors (Lipinski definition) is 5. The summed E-state index contributed by atoms with van der Waals surface area (Å²) in [5.41, 5.74) is 3.15. The van der Waals surface area contributed by atoms with E-state index in [-0.39, 0.29) is 55.6 Å². The highest BCUT2D eigenvalue weighted by Crippen LogP contribution is 2.29. The van der Waals surface area contributed by atoms with Crippen molar-refractivity contribution in [3.05, 3.63) is 50.5 Å². The molecule has 0 saturated carbocycles. The topological polar surface area (TPSA) is 121 Å². The minimum atomic E-state index is -1.40. The summed E-state index contributed by atoms with van der Waals surface area (Å²) < 4.78 is 46.8. The number of amides is 2. The molecular weight excluding hydrogens is 560 g/mol. The molecule has 1 aliphatic rings. The van der Waals surface area contributed by atoms with Crippen molar-refractivity contribution in [3.63, 3.8) is 0 Å². The Kier molecular flexibility index (Phi) is 11.5. The maximum absolute atomic E-state index is 14.9. The number of carbonyl (C=O) groups is 2. The van der Waals surface area contributed by atoms with E-state index < -0.39 is 49.8 Å². The number of benzene rings is 1. The zero-order valence-corrected chi connectivity index (χ0v) is 19.8. The lowest BCUT2D eigenvalue weighted by molar-refractivity contribution is -0.121. The zero-order chi connectivity index (χ0) is 24.2. The normalized spacial score (nSPS) is 13.0. The number of allylic oxidation sites excluding steroid dienone is 2. The maximum Gasteiger partial charge on any atom is 0.277 e. The van der Waals surface area contributed by atoms with Crippen LogP contribution >= 0.6 is 20.7 Å². The van der Waals surface area contributed by atoms with Crippen LogP contribution in [0.1, 0.15) is 29.3 Å². The molecular formula is C20H24F3IN4O5. The number of anilines is 1. The number of hydroxylamine groups is 2. The summed E-state index contributed by atoms with van der Waals surface area (Å²) in [4.78, 5) is 33.5. The van der Waals surface area contributed by atoms with Gasteiger partial charge in [0.25, 0.3) is 5.91 Å². The van der Waals surface area contributed by atoms with Crippen LogP contribution in [0.25, 0.3) is 0 Å². The summed E-state index contributed by atoms with van der Waals surface area (Å²) in [5, 5.41) is 13.8. The molecule has 13 heteroatoms. The van der Waals surface area contributed by atoms with Crippen molar-refractivity contribution in [2.45, 2.75) is 19.9 Å². The lowest BCUT2D eigenvalue weighted by Crippen LogP contribution is -2.29. The fraction of sp³-hybridized carbons (Fsp3) is 0.350. The van der Waals surface area contributed by atoms with E-state index in [0.717, 1.165) is 6.07 Å². The molecule has 1 aromatic carbocycles. The third-order valence-corrected chi connectivity index (χ3v) is 5.76. The number of carbonyl (C=O) groups excluding carboxylic acids is 2. The maximum atomic E-state index is 14.9. The van der Waals surface area contributed by atoms with Crippen molar-refractivity contribution in [1.29, 1.82) is 0 Å². The van der Waals surface area contributed by atoms with Crippen LogP contribution in [0.15, 0.2) is 27.7 Å². The fourth-order valence-corrected chi connectivity index (χ4v) is 3.88. The second kappa shape index (κ2) is 14.0. The molecule has 0 bridgehead atoms. The molecule has 1 aliphatic heterocycles. The van der Waals surface area contributed by atoms with E-state index in [1.807, 2.05) is 5.48 Å². The highest BCUT2D eigenvalue weighted by atomic mass is 127. The van der Waals surface area contributed by atoms with Gasteiger partial charge in [0.05, 0.1) is 36.8 Å². The van der Waals surface area contributed by atoms with Crippen molar-refractivity contribution in [2.24, 2.45) is 0 Å². The average molecular weight is 584 g/mol. The second-order valence-electron chi connectivity index (χ2n) is 6.38. The predicted molar refractivity (Wildman–Crippen MR) is 124 cm³/mol. The summed E-state index contributed by atoms with van der Waals surface area (Å²) in [6.45, 7) is 1.06. The molecule has 0 fully saturated rings. The smallest absolute Gasteiger partial charge is 0.277 e. The van der Waals surface area contributed by atoms with E-state index in [9.17, 15) is 22.8 Å². The Morgan fingerprint density at radius 2 is 1.94 bits per heavy atom. The Morgan fingerprint density at radius 1 is 1.15 bits per heavy atom. The number of aliphatic hydroxyl groups is 1. The van der Waals surface area contributed by atoms with Gasteiger partial charge < -0.3 is 15.7 Å². The first-order chi connectivity index (χ1) is 15.9. The summed E-state index contributed by atoms with van der Waals surface area (Å²) in [6.07, 6.45) is 1.71. The molecule has 2 amide bonds. The quantitative estimate of drug-likeness (QED) is 0.137. The summed E-state index contributed by atoms with van der Waals surface area (Å²) >= 11 is -0.611. The molecule has 0 aliphatic carbocycles. The molecule has 0 saturated heterocycles. The van der Waals surface area contributed by atoms with Crippen LogP contribution < -0.4 is 21.6 Å². The summed E-state index contributed by atoms with van der Waals surface area (Å²) in [7, 11) is 0. The Labute approximate surface area is 198 Å². The van der Waals surface area contributed by atoms with Crippen molar-refractivity contribution >= 4 is 42.2 Å². The second-order valence-corrected chi connectivity index (χ2v) is 8.44. The number of rotatable bonds is 13. The van der Waals surface area contributed by atoms with Gasteiger partial charge in [-0.2, -0.15) is 5.48 Å². The third kappa shape index (κ3) is 8.19. The number of hydrogen-bond acceptors (Lipinski definition) is 7. The van der Waals surface area contributed by atoms with Gasteiger partial charge in [-0.3, -0.25) is 19.3 Å². The molecule has 0 spiro atoms. The average Bonchev–Trinajstić information content (AvgIpc) is 2.81. The molecule has 5 N–H and O–H groups in total. The Balaban J connectivity index is 2.20. The van der Waals surface area contributed by atoms with Crippen LogP contribution in [0.4, 0.5) is 18.9 Å². The molecule has 0 aromatic heterocycles. The minimum Gasteiger partial charge on any atom is -0.394 e. The SMILES string of the molecule is CCC(=O)NCCONCc1cc(C(=O)NOCCO)c(NC2=C(F)C=IC=C2)c(F)c1F. The molecule has 0 unspecified atom stereocenters. The Hall–Kier alpha value is -2.33. The van der Waals surface area contributed by atoms with E-state index in [1.165, 1.54) is 10.1 Å². The molecule has 1 heterocycles. The lowest BCUT2D eigenvalue weighted by Gasteiger charge is -2.17. The first kappa shape index (κ1) is 26.9. The predicted octanol–water partition coefficient (Wildman–Crippen LogP) is 2.06. The van der Waals surface area contributed by atoms with Gasteiger partial charge in [-0.05, 0) is 16.2 Å². The lowest BCUT2D eigenvalue weighted by atomic mass is 10.1. The van der Waals surface area contributed by atoms with E-state index >= 15 is 0 Å². The highest BCUT2D eigenvalue weighted by molar-refractivity contribution is 14.2. The zero-order valence-electron chi connectivity index (χ0n) is 17.6. The van der Waals surface area contributed by atoms with Crippen LogP contribution in [-0.2, 0) is 21.0 Å². The number of halogens is 4. The van der Waals surface area contributed by atoms with Gasteiger partial charge in [-0.15, -0.1) is 0 Å². The first-order valence-corrected chi connectivity index (χ1v) is 12.3. The van der Waals surface area contributed by atoms with Crippen molar-refractivity contribution < 1.29 is 37.5 Å². The van der Waals surface area contributed by atoms with Gasteiger partial charge in [0, 0.05) is 29.1 Å². The molecule has 2 rings (SSSR count). The third-order valence-electron chi connectivity index (χ3n) is 4.08. The Bertz CT molecular complexity index is 956.